The topological polar surface area (TPSA) is 81.2 Å². The molecule has 7 heteroatoms. The van der Waals surface area contributed by atoms with Gasteiger partial charge in [-0.3, -0.25) is 19.1 Å². The smallest absolute Gasteiger partial charge is 0.261 e. The number of para-hydroxylation sites is 1. The van der Waals surface area contributed by atoms with Gasteiger partial charge in [-0.2, -0.15) is 0 Å². The van der Waals surface area contributed by atoms with Crippen LogP contribution in [0.5, 0.6) is 0 Å². The van der Waals surface area contributed by atoms with E-state index in [9.17, 15) is 9.59 Å². The fourth-order valence-corrected chi connectivity index (χ4v) is 5.30. The van der Waals surface area contributed by atoms with E-state index in [1.165, 1.54) is 20.6 Å². The summed E-state index contributed by atoms with van der Waals surface area (Å²) < 4.78 is 1.43. The zero-order valence-electron chi connectivity index (χ0n) is 16.9. The second kappa shape index (κ2) is 8.09. The Kier molecular flexibility index (Phi) is 5.13. The summed E-state index contributed by atoms with van der Waals surface area (Å²) in [5.74, 6) is 0.000848. The molecule has 4 aromatic rings. The molecule has 1 amide bonds. The van der Waals surface area contributed by atoms with E-state index in [1.807, 2.05) is 30.3 Å². The third-order valence-corrected chi connectivity index (χ3v) is 6.78. The van der Waals surface area contributed by atoms with Gasteiger partial charge in [0.2, 0.25) is 5.91 Å². The van der Waals surface area contributed by atoms with Crippen LogP contribution in [0.4, 0.5) is 0 Å². The highest BCUT2D eigenvalue weighted by atomic mass is 32.1. The molecular formula is C24H22N4O2S. The lowest BCUT2D eigenvalue weighted by atomic mass is 9.93. The zero-order chi connectivity index (χ0) is 21.4. The van der Waals surface area contributed by atoms with E-state index in [0.717, 1.165) is 13.0 Å². The van der Waals surface area contributed by atoms with Gasteiger partial charge < -0.3 is 5.73 Å². The van der Waals surface area contributed by atoms with E-state index in [4.69, 9.17) is 10.7 Å². The maximum absolute atomic E-state index is 13.1. The highest BCUT2D eigenvalue weighted by Crippen LogP contribution is 2.38. The summed E-state index contributed by atoms with van der Waals surface area (Å²) in [6, 6.07) is 19.9. The van der Waals surface area contributed by atoms with Gasteiger partial charge in [0.05, 0.1) is 23.5 Å². The molecule has 0 aliphatic carbocycles. The first-order chi connectivity index (χ1) is 15.1. The Bertz CT molecular complexity index is 1310. The standard InChI is InChI=1S/C24H22N4O2S/c25-21(29)14-28-22(26-19-9-5-4-8-17(19)24(28)30)15-27-12-10-20-18(11-13-31-20)23(27)16-6-2-1-3-7-16/h1-9,11,13,23H,10,12,14-15H2,(H2,25,29)/t23-/m1/s1. The van der Waals surface area contributed by atoms with Gasteiger partial charge in [0.25, 0.3) is 5.56 Å². The van der Waals surface area contributed by atoms with Crippen molar-refractivity contribution in [2.24, 2.45) is 5.73 Å². The number of aromatic nitrogens is 2. The third kappa shape index (κ3) is 3.66. The maximum atomic E-state index is 13.1. The number of rotatable bonds is 5. The Morgan fingerprint density at radius 1 is 1.10 bits per heavy atom. The molecule has 0 saturated carbocycles. The average Bonchev–Trinajstić information content (AvgIpc) is 3.25. The molecule has 0 fully saturated rings. The van der Waals surface area contributed by atoms with Crippen molar-refractivity contribution in [3.05, 3.63) is 98.2 Å². The lowest BCUT2D eigenvalue weighted by molar-refractivity contribution is -0.118. The Balaban J connectivity index is 1.61. The van der Waals surface area contributed by atoms with Crippen molar-refractivity contribution in [1.82, 2.24) is 14.5 Å². The van der Waals surface area contributed by atoms with Crippen molar-refractivity contribution in [3.8, 4) is 0 Å². The Morgan fingerprint density at radius 3 is 2.68 bits per heavy atom. The molecule has 2 aromatic heterocycles. The number of amides is 1. The van der Waals surface area contributed by atoms with Crippen molar-refractivity contribution in [2.45, 2.75) is 25.6 Å². The SMILES string of the molecule is NC(=O)Cn1c(CN2CCc3sccc3[C@H]2c2ccccc2)nc2ccccc2c1=O. The van der Waals surface area contributed by atoms with E-state index in [2.05, 4.69) is 28.5 Å². The summed E-state index contributed by atoms with van der Waals surface area (Å²) in [6.07, 6.45) is 0.948. The Morgan fingerprint density at radius 2 is 1.87 bits per heavy atom. The van der Waals surface area contributed by atoms with Crippen LogP contribution in [0.2, 0.25) is 0 Å². The van der Waals surface area contributed by atoms with E-state index in [-0.39, 0.29) is 18.1 Å². The quantitative estimate of drug-likeness (QED) is 0.528. The Labute approximate surface area is 183 Å². The maximum Gasteiger partial charge on any atom is 0.261 e. The van der Waals surface area contributed by atoms with Gasteiger partial charge in [0, 0.05) is 11.4 Å². The molecule has 31 heavy (non-hydrogen) atoms. The van der Waals surface area contributed by atoms with E-state index in [1.54, 1.807) is 23.5 Å². The molecule has 2 N–H and O–H groups in total. The Hall–Kier alpha value is -3.29. The second-order valence-corrected chi connectivity index (χ2v) is 8.74. The summed E-state index contributed by atoms with van der Waals surface area (Å²) in [5.41, 5.74) is 8.37. The molecule has 156 valence electrons. The number of thiophene rings is 1. The molecule has 1 atom stereocenters. The number of carbonyl (C=O) groups is 1. The summed E-state index contributed by atoms with van der Waals surface area (Å²) in [6.45, 7) is 1.11. The number of fused-ring (bicyclic) bond motifs is 2. The highest BCUT2D eigenvalue weighted by Gasteiger charge is 2.30. The first-order valence-electron chi connectivity index (χ1n) is 10.2. The highest BCUT2D eigenvalue weighted by molar-refractivity contribution is 7.10. The van der Waals surface area contributed by atoms with Crippen molar-refractivity contribution >= 4 is 28.1 Å². The van der Waals surface area contributed by atoms with Crippen LogP contribution in [0.1, 0.15) is 27.9 Å². The van der Waals surface area contributed by atoms with Gasteiger partial charge in [0.15, 0.2) is 0 Å². The van der Waals surface area contributed by atoms with E-state index >= 15 is 0 Å². The van der Waals surface area contributed by atoms with Crippen molar-refractivity contribution in [3.63, 3.8) is 0 Å². The van der Waals surface area contributed by atoms with E-state index in [0.29, 0.717) is 23.3 Å². The van der Waals surface area contributed by atoms with Crippen LogP contribution in [0.3, 0.4) is 0 Å². The second-order valence-electron chi connectivity index (χ2n) is 7.74. The van der Waals surface area contributed by atoms with Crippen LogP contribution in [0.25, 0.3) is 10.9 Å². The number of primary amides is 1. The minimum Gasteiger partial charge on any atom is -0.368 e. The largest absolute Gasteiger partial charge is 0.368 e. The molecule has 3 heterocycles. The van der Waals surface area contributed by atoms with Crippen molar-refractivity contribution < 1.29 is 4.79 Å². The van der Waals surface area contributed by atoms with Crippen LogP contribution >= 0.6 is 11.3 Å². The summed E-state index contributed by atoms with van der Waals surface area (Å²) in [7, 11) is 0. The summed E-state index contributed by atoms with van der Waals surface area (Å²) in [5, 5.41) is 2.63. The monoisotopic (exact) mass is 430 g/mol. The minimum absolute atomic E-state index is 0.0709. The van der Waals surface area contributed by atoms with Crippen molar-refractivity contribution in [2.75, 3.05) is 6.54 Å². The van der Waals surface area contributed by atoms with Crippen molar-refractivity contribution in [1.29, 1.82) is 0 Å². The molecule has 6 nitrogen and oxygen atoms in total. The van der Waals surface area contributed by atoms with Crippen LogP contribution in [-0.4, -0.2) is 26.9 Å². The van der Waals surface area contributed by atoms with Crippen LogP contribution in [-0.2, 0) is 24.3 Å². The lowest BCUT2D eigenvalue weighted by Crippen LogP contribution is -2.38. The lowest BCUT2D eigenvalue weighted by Gasteiger charge is -2.36. The van der Waals surface area contributed by atoms with Crippen LogP contribution in [0, 0.1) is 0 Å². The fraction of sp³-hybridized carbons (Fsp3) is 0.208. The molecule has 0 spiro atoms. The van der Waals surface area contributed by atoms with Gasteiger partial charge >= 0.3 is 0 Å². The average molecular weight is 431 g/mol. The van der Waals surface area contributed by atoms with Gasteiger partial charge in [-0.15, -0.1) is 11.3 Å². The molecule has 2 aromatic carbocycles. The molecule has 1 aliphatic heterocycles. The zero-order valence-corrected chi connectivity index (χ0v) is 17.7. The minimum atomic E-state index is -0.557. The number of hydrogen-bond donors (Lipinski definition) is 1. The number of benzene rings is 2. The van der Waals surface area contributed by atoms with Gasteiger partial charge in [-0.05, 0) is 41.1 Å². The normalized spacial score (nSPS) is 16.3. The first-order valence-corrected chi connectivity index (χ1v) is 11.1. The molecule has 0 bridgehead atoms. The molecule has 0 unspecified atom stereocenters. The number of hydrogen-bond acceptors (Lipinski definition) is 5. The van der Waals surface area contributed by atoms with Gasteiger partial charge in [-0.25, -0.2) is 4.98 Å². The molecular weight excluding hydrogens is 408 g/mol. The summed E-state index contributed by atoms with van der Waals surface area (Å²) in [4.78, 5) is 33.4. The molecule has 5 rings (SSSR count). The predicted molar refractivity (Wildman–Crippen MR) is 122 cm³/mol. The predicted octanol–water partition coefficient (Wildman–Crippen LogP) is 3.09. The molecule has 1 aliphatic rings. The van der Waals surface area contributed by atoms with Crippen LogP contribution < -0.4 is 11.3 Å². The fourth-order valence-electron chi connectivity index (χ4n) is 4.40. The number of carbonyl (C=O) groups excluding carboxylic acids is 1. The van der Waals surface area contributed by atoms with Crippen LogP contribution in [0.15, 0.2) is 70.8 Å². The number of nitrogens with two attached hydrogens (primary N) is 1. The summed E-state index contributed by atoms with van der Waals surface area (Å²) >= 11 is 1.79. The van der Waals surface area contributed by atoms with Gasteiger partial charge in [-0.1, -0.05) is 42.5 Å². The van der Waals surface area contributed by atoms with E-state index < -0.39 is 5.91 Å². The number of nitrogens with zero attached hydrogens (tertiary/aromatic N) is 3. The molecule has 0 radical (unpaired) electrons. The van der Waals surface area contributed by atoms with Gasteiger partial charge in [0.1, 0.15) is 12.4 Å². The third-order valence-electron chi connectivity index (χ3n) is 5.78. The first kappa shape index (κ1) is 19.7. The molecule has 0 saturated heterocycles.